The van der Waals surface area contributed by atoms with Crippen LogP contribution in [0.1, 0.15) is 26.3 Å². The Morgan fingerprint density at radius 1 is 1.33 bits per heavy atom. The van der Waals surface area contributed by atoms with Crippen molar-refractivity contribution in [3.8, 4) is 5.75 Å². The lowest BCUT2D eigenvalue weighted by molar-refractivity contribution is 0.191. The molecule has 0 amide bonds. The van der Waals surface area contributed by atoms with Gasteiger partial charge in [-0.1, -0.05) is 44.0 Å². The number of nitrogens with zero attached hydrogens (tertiary/aromatic N) is 1. The first-order valence-corrected chi connectivity index (χ1v) is 6.33. The third-order valence-corrected chi connectivity index (χ3v) is 3.13. The van der Waals surface area contributed by atoms with Crippen LogP contribution < -0.4 is 0 Å². The van der Waals surface area contributed by atoms with Gasteiger partial charge in [0, 0.05) is 16.8 Å². The molecule has 18 heavy (non-hydrogen) atoms. The summed E-state index contributed by atoms with van der Waals surface area (Å²) in [6.45, 7) is 5.89. The standard InChI is InChI=1S/C13H17Cl2NO2/c1-13(2,3)11(7-17)16-6-8-4-9(14)5-10(15)12(8)18/h4-6,11,17-18H,7H2,1-3H3/t11-/m0/s1. The molecule has 0 saturated carbocycles. The molecule has 0 bridgehead atoms. The van der Waals surface area contributed by atoms with Crippen LogP contribution in [0.5, 0.6) is 5.75 Å². The molecule has 0 spiro atoms. The molecule has 0 aliphatic carbocycles. The summed E-state index contributed by atoms with van der Waals surface area (Å²) < 4.78 is 0. The average Bonchev–Trinajstić information content (AvgIpc) is 2.23. The second kappa shape index (κ2) is 5.91. The van der Waals surface area contributed by atoms with E-state index < -0.39 is 0 Å². The Hall–Kier alpha value is -0.770. The van der Waals surface area contributed by atoms with Crippen LogP contribution in [0.3, 0.4) is 0 Å². The van der Waals surface area contributed by atoms with Crippen LogP contribution in [0.15, 0.2) is 17.1 Å². The molecule has 100 valence electrons. The summed E-state index contributed by atoms with van der Waals surface area (Å²) in [5.74, 6) is -0.0598. The van der Waals surface area contributed by atoms with Crippen molar-refractivity contribution in [2.75, 3.05) is 6.61 Å². The number of hydrogen-bond donors (Lipinski definition) is 2. The number of phenolic OH excluding ortho intramolecular Hbond substituents is 1. The Morgan fingerprint density at radius 3 is 2.44 bits per heavy atom. The topological polar surface area (TPSA) is 52.8 Å². The summed E-state index contributed by atoms with van der Waals surface area (Å²) in [5.41, 5.74) is 0.277. The minimum Gasteiger partial charge on any atom is -0.506 e. The number of rotatable bonds is 3. The Morgan fingerprint density at radius 2 is 1.94 bits per heavy atom. The van der Waals surface area contributed by atoms with Crippen molar-refractivity contribution in [1.29, 1.82) is 0 Å². The fourth-order valence-corrected chi connectivity index (χ4v) is 1.91. The van der Waals surface area contributed by atoms with Crippen LogP contribution in [-0.4, -0.2) is 29.1 Å². The first-order valence-electron chi connectivity index (χ1n) is 5.57. The van der Waals surface area contributed by atoms with Crippen molar-refractivity contribution in [1.82, 2.24) is 0 Å². The molecule has 5 heteroatoms. The zero-order chi connectivity index (χ0) is 13.9. The van der Waals surface area contributed by atoms with Gasteiger partial charge in [-0.15, -0.1) is 0 Å². The highest BCUT2D eigenvalue weighted by Gasteiger charge is 2.22. The molecule has 3 nitrogen and oxygen atoms in total. The largest absolute Gasteiger partial charge is 0.506 e. The van der Waals surface area contributed by atoms with Crippen molar-refractivity contribution < 1.29 is 10.2 Å². The van der Waals surface area contributed by atoms with Gasteiger partial charge in [0.05, 0.1) is 17.7 Å². The minimum absolute atomic E-state index is 0.0598. The van der Waals surface area contributed by atoms with Gasteiger partial charge >= 0.3 is 0 Å². The molecule has 0 heterocycles. The van der Waals surface area contributed by atoms with Gasteiger partial charge in [0.1, 0.15) is 5.75 Å². The molecule has 0 unspecified atom stereocenters. The van der Waals surface area contributed by atoms with E-state index in [2.05, 4.69) is 4.99 Å². The molecule has 0 aliphatic rings. The number of halogens is 2. The second-order valence-corrected chi connectivity index (χ2v) is 6.01. The number of benzene rings is 1. The van der Waals surface area contributed by atoms with E-state index in [0.717, 1.165) is 0 Å². The van der Waals surface area contributed by atoms with Crippen molar-refractivity contribution in [3.05, 3.63) is 27.7 Å². The summed E-state index contributed by atoms with van der Waals surface area (Å²) >= 11 is 11.7. The minimum atomic E-state index is -0.255. The van der Waals surface area contributed by atoms with Gasteiger partial charge < -0.3 is 10.2 Å². The maximum absolute atomic E-state index is 9.77. The van der Waals surface area contributed by atoms with E-state index in [9.17, 15) is 10.2 Å². The van der Waals surface area contributed by atoms with Gasteiger partial charge in [-0.05, 0) is 17.5 Å². The van der Waals surface area contributed by atoms with E-state index in [4.69, 9.17) is 23.2 Å². The molecule has 0 aliphatic heterocycles. The van der Waals surface area contributed by atoms with E-state index in [0.29, 0.717) is 10.6 Å². The summed E-state index contributed by atoms with van der Waals surface area (Å²) in [7, 11) is 0. The quantitative estimate of drug-likeness (QED) is 0.837. The Labute approximate surface area is 117 Å². The number of aliphatic hydroxyl groups excluding tert-OH is 1. The van der Waals surface area contributed by atoms with E-state index in [-0.39, 0.29) is 28.8 Å². The number of aliphatic hydroxyl groups is 1. The molecule has 1 atom stereocenters. The van der Waals surface area contributed by atoms with E-state index in [1.54, 1.807) is 6.07 Å². The fourth-order valence-electron chi connectivity index (χ4n) is 1.40. The van der Waals surface area contributed by atoms with E-state index >= 15 is 0 Å². The first-order chi connectivity index (χ1) is 8.25. The summed E-state index contributed by atoms with van der Waals surface area (Å²) in [6, 6.07) is 2.78. The summed E-state index contributed by atoms with van der Waals surface area (Å²) in [6.07, 6.45) is 1.49. The number of phenols is 1. The highest BCUT2D eigenvalue weighted by molar-refractivity contribution is 6.36. The van der Waals surface area contributed by atoms with Gasteiger partial charge in [-0.3, -0.25) is 4.99 Å². The Balaban J connectivity index is 3.04. The lowest BCUT2D eigenvalue weighted by Crippen LogP contribution is -2.28. The Kier molecular flexibility index (Phi) is 5.02. The van der Waals surface area contributed by atoms with Crippen LogP contribution >= 0.6 is 23.2 Å². The van der Waals surface area contributed by atoms with E-state index in [1.807, 2.05) is 20.8 Å². The molecule has 1 aromatic rings. The maximum Gasteiger partial charge on any atom is 0.143 e. The second-order valence-electron chi connectivity index (χ2n) is 5.17. The molecule has 1 rings (SSSR count). The number of hydrogen-bond acceptors (Lipinski definition) is 3. The van der Waals surface area contributed by atoms with Crippen molar-refractivity contribution in [2.45, 2.75) is 26.8 Å². The zero-order valence-electron chi connectivity index (χ0n) is 10.6. The van der Waals surface area contributed by atoms with Crippen LogP contribution in [0.2, 0.25) is 10.0 Å². The third kappa shape index (κ3) is 3.87. The molecular weight excluding hydrogens is 273 g/mol. The molecule has 1 aromatic carbocycles. The van der Waals surface area contributed by atoms with Crippen molar-refractivity contribution >= 4 is 29.4 Å². The average molecular weight is 290 g/mol. The highest BCUT2D eigenvalue weighted by Crippen LogP contribution is 2.30. The zero-order valence-corrected chi connectivity index (χ0v) is 12.1. The van der Waals surface area contributed by atoms with Crippen molar-refractivity contribution in [3.63, 3.8) is 0 Å². The molecule has 0 aromatic heterocycles. The number of aliphatic imine (C=N–C) groups is 1. The normalized spacial score (nSPS) is 14.1. The van der Waals surface area contributed by atoms with Gasteiger partial charge in [0.15, 0.2) is 0 Å². The monoisotopic (exact) mass is 289 g/mol. The first kappa shape index (κ1) is 15.3. The molecule has 0 fully saturated rings. The highest BCUT2D eigenvalue weighted by atomic mass is 35.5. The van der Waals surface area contributed by atoms with E-state index in [1.165, 1.54) is 12.3 Å². The molecular formula is C13H17Cl2NO2. The van der Waals surface area contributed by atoms with Gasteiger partial charge in [-0.25, -0.2) is 0 Å². The molecule has 0 saturated heterocycles. The smallest absolute Gasteiger partial charge is 0.143 e. The maximum atomic E-state index is 9.77. The number of aromatic hydroxyl groups is 1. The van der Waals surface area contributed by atoms with Crippen LogP contribution in [0.4, 0.5) is 0 Å². The predicted molar refractivity (Wildman–Crippen MR) is 76.0 cm³/mol. The molecule has 0 radical (unpaired) electrons. The van der Waals surface area contributed by atoms with Gasteiger partial charge in [0.2, 0.25) is 0 Å². The van der Waals surface area contributed by atoms with Gasteiger partial charge in [-0.2, -0.15) is 0 Å². The van der Waals surface area contributed by atoms with Crippen LogP contribution in [0, 0.1) is 5.41 Å². The third-order valence-electron chi connectivity index (χ3n) is 2.62. The van der Waals surface area contributed by atoms with Gasteiger partial charge in [0.25, 0.3) is 0 Å². The summed E-state index contributed by atoms with van der Waals surface area (Å²) in [5, 5.41) is 19.7. The summed E-state index contributed by atoms with van der Waals surface area (Å²) in [4.78, 5) is 4.27. The van der Waals surface area contributed by atoms with Crippen LogP contribution in [-0.2, 0) is 0 Å². The SMILES string of the molecule is CC(C)(C)[C@H](CO)N=Cc1cc(Cl)cc(Cl)c1O. The van der Waals surface area contributed by atoms with Crippen LogP contribution in [0.25, 0.3) is 0 Å². The predicted octanol–water partition coefficient (Wildman–Crippen LogP) is 3.52. The Bertz CT molecular complexity index is 453. The fraction of sp³-hybridized carbons (Fsp3) is 0.462. The van der Waals surface area contributed by atoms with Crippen molar-refractivity contribution in [2.24, 2.45) is 10.4 Å². The lowest BCUT2D eigenvalue weighted by atomic mass is 9.88. The molecule has 2 N–H and O–H groups in total. The lowest BCUT2D eigenvalue weighted by Gasteiger charge is -2.25.